The summed E-state index contributed by atoms with van der Waals surface area (Å²) in [6, 6.07) is 6.36. The van der Waals surface area contributed by atoms with Crippen molar-refractivity contribution in [2.24, 2.45) is 11.1 Å². The number of aromatic nitrogens is 1. The van der Waals surface area contributed by atoms with E-state index in [4.69, 9.17) is 5.73 Å². The highest BCUT2D eigenvalue weighted by molar-refractivity contribution is 7.13. The van der Waals surface area contributed by atoms with Gasteiger partial charge in [0.25, 0.3) is 5.91 Å². The van der Waals surface area contributed by atoms with E-state index in [1.165, 1.54) is 11.3 Å². The number of nitrogens with two attached hydrogens (primary N) is 1. The van der Waals surface area contributed by atoms with Crippen LogP contribution in [0, 0.1) is 5.41 Å². The number of amides is 2. The number of benzene rings is 1. The van der Waals surface area contributed by atoms with Crippen LogP contribution in [0.25, 0.3) is 0 Å². The van der Waals surface area contributed by atoms with Gasteiger partial charge in [0.05, 0.1) is 0 Å². The molecule has 6 heteroatoms. The third-order valence-corrected chi connectivity index (χ3v) is 3.74. The molecule has 0 aliphatic heterocycles. The van der Waals surface area contributed by atoms with E-state index in [9.17, 15) is 9.59 Å². The predicted octanol–water partition coefficient (Wildman–Crippen LogP) is 2.93. The lowest BCUT2D eigenvalue weighted by atomic mass is 9.96. The Morgan fingerprint density at radius 1 is 1.18 bits per heavy atom. The molecule has 5 nitrogen and oxygen atoms in total. The van der Waals surface area contributed by atoms with Gasteiger partial charge in [-0.25, -0.2) is 4.98 Å². The minimum absolute atomic E-state index is 0.0610. The Bertz CT molecular complexity index is 658. The molecule has 0 atom stereocenters. The third kappa shape index (κ3) is 3.92. The highest BCUT2D eigenvalue weighted by Crippen LogP contribution is 2.25. The van der Waals surface area contributed by atoms with Crippen molar-refractivity contribution in [1.29, 1.82) is 0 Å². The number of hydrogen-bond acceptors (Lipinski definition) is 4. The zero-order valence-corrected chi connectivity index (χ0v) is 13.7. The maximum atomic E-state index is 12.8. The fraction of sp³-hybridized carbons (Fsp3) is 0.312. The first-order valence-electron chi connectivity index (χ1n) is 6.89. The van der Waals surface area contributed by atoms with Gasteiger partial charge in [-0.1, -0.05) is 20.8 Å². The maximum Gasteiger partial charge on any atom is 0.260 e. The molecule has 0 bridgehead atoms. The number of hydrogen-bond donors (Lipinski definition) is 1. The second-order valence-corrected chi connectivity index (χ2v) is 7.08. The number of carbonyl (C=O) groups excluding carboxylic acids is 2. The van der Waals surface area contributed by atoms with Crippen LogP contribution in [0.2, 0.25) is 0 Å². The average Bonchev–Trinajstić information content (AvgIpc) is 2.97. The Hall–Kier alpha value is -2.21. The minimum atomic E-state index is -0.509. The van der Waals surface area contributed by atoms with Crippen molar-refractivity contribution in [3.8, 4) is 0 Å². The Labute approximate surface area is 133 Å². The molecule has 1 aromatic heterocycles. The van der Waals surface area contributed by atoms with Gasteiger partial charge in [-0.05, 0) is 29.7 Å². The lowest BCUT2D eigenvalue weighted by molar-refractivity contribution is 0.0973. The zero-order valence-electron chi connectivity index (χ0n) is 12.9. The van der Waals surface area contributed by atoms with E-state index in [2.05, 4.69) is 25.8 Å². The van der Waals surface area contributed by atoms with Gasteiger partial charge in [-0.3, -0.25) is 14.5 Å². The van der Waals surface area contributed by atoms with E-state index in [1.807, 2.05) is 5.38 Å². The quantitative estimate of drug-likeness (QED) is 0.942. The minimum Gasteiger partial charge on any atom is -0.366 e. The molecule has 116 valence electrons. The monoisotopic (exact) mass is 317 g/mol. The van der Waals surface area contributed by atoms with Gasteiger partial charge in [0.15, 0.2) is 5.13 Å². The predicted molar refractivity (Wildman–Crippen MR) is 88.2 cm³/mol. The first kappa shape index (κ1) is 16.2. The van der Waals surface area contributed by atoms with Crippen LogP contribution in [0.5, 0.6) is 0 Å². The molecule has 2 amide bonds. The standard InChI is InChI=1S/C16H19N3O2S/c1-16(2,3)10-19(15-18-8-9-22-15)14(21)12-6-4-11(5-7-12)13(17)20/h4-9H,10H2,1-3H3,(H2,17,20). The van der Waals surface area contributed by atoms with Crippen molar-refractivity contribution < 1.29 is 9.59 Å². The van der Waals surface area contributed by atoms with Gasteiger partial charge >= 0.3 is 0 Å². The fourth-order valence-electron chi connectivity index (χ4n) is 1.98. The van der Waals surface area contributed by atoms with E-state index in [1.54, 1.807) is 35.4 Å². The van der Waals surface area contributed by atoms with Crippen molar-refractivity contribution in [2.45, 2.75) is 20.8 Å². The summed E-state index contributed by atoms with van der Waals surface area (Å²) in [6.07, 6.45) is 1.68. The van der Waals surface area contributed by atoms with Gasteiger partial charge in [0, 0.05) is 29.2 Å². The van der Waals surface area contributed by atoms with Crippen LogP contribution in [0.15, 0.2) is 35.8 Å². The molecule has 1 aromatic carbocycles. The van der Waals surface area contributed by atoms with E-state index < -0.39 is 5.91 Å². The molecule has 0 spiro atoms. The highest BCUT2D eigenvalue weighted by atomic mass is 32.1. The van der Waals surface area contributed by atoms with Crippen molar-refractivity contribution in [3.05, 3.63) is 47.0 Å². The number of carbonyl (C=O) groups is 2. The summed E-state index contributed by atoms with van der Waals surface area (Å²) >= 11 is 1.42. The lowest BCUT2D eigenvalue weighted by Gasteiger charge is -2.28. The summed E-state index contributed by atoms with van der Waals surface area (Å²) < 4.78 is 0. The van der Waals surface area contributed by atoms with Crippen LogP contribution in [0.4, 0.5) is 5.13 Å². The highest BCUT2D eigenvalue weighted by Gasteiger charge is 2.25. The Morgan fingerprint density at radius 2 is 1.77 bits per heavy atom. The third-order valence-electron chi connectivity index (χ3n) is 2.94. The summed E-state index contributed by atoms with van der Waals surface area (Å²) in [7, 11) is 0. The van der Waals surface area contributed by atoms with Crippen molar-refractivity contribution in [1.82, 2.24) is 4.98 Å². The van der Waals surface area contributed by atoms with Gasteiger partial charge in [0.1, 0.15) is 0 Å². The number of anilines is 1. The normalized spacial score (nSPS) is 11.2. The molecule has 0 saturated heterocycles. The lowest BCUT2D eigenvalue weighted by Crippen LogP contribution is -2.37. The smallest absolute Gasteiger partial charge is 0.260 e. The average molecular weight is 317 g/mol. The second-order valence-electron chi connectivity index (χ2n) is 6.21. The summed E-state index contributed by atoms with van der Waals surface area (Å²) in [4.78, 5) is 29.8. The Morgan fingerprint density at radius 3 is 2.23 bits per heavy atom. The van der Waals surface area contributed by atoms with Gasteiger partial charge in [-0.15, -0.1) is 11.3 Å². The summed E-state index contributed by atoms with van der Waals surface area (Å²) in [5.41, 5.74) is 6.04. The van der Waals surface area contributed by atoms with Gasteiger partial charge < -0.3 is 5.73 Å². The molecular weight excluding hydrogens is 298 g/mol. The molecule has 1 heterocycles. The van der Waals surface area contributed by atoms with Crippen molar-refractivity contribution in [2.75, 3.05) is 11.4 Å². The second kappa shape index (κ2) is 6.27. The summed E-state index contributed by atoms with van der Waals surface area (Å²) in [5, 5.41) is 2.51. The Kier molecular flexibility index (Phi) is 4.61. The van der Waals surface area contributed by atoms with Crippen LogP contribution >= 0.6 is 11.3 Å². The molecular formula is C16H19N3O2S. The molecule has 0 saturated carbocycles. The number of primary amides is 1. The molecule has 2 N–H and O–H groups in total. The molecule has 0 unspecified atom stereocenters. The largest absolute Gasteiger partial charge is 0.366 e. The summed E-state index contributed by atoms with van der Waals surface area (Å²) in [5.74, 6) is -0.647. The SMILES string of the molecule is CC(C)(C)CN(C(=O)c1ccc(C(N)=O)cc1)c1nccs1. The fourth-order valence-corrected chi connectivity index (χ4v) is 2.62. The molecule has 2 rings (SSSR count). The zero-order chi connectivity index (χ0) is 16.3. The first-order valence-corrected chi connectivity index (χ1v) is 7.77. The molecule has 0 aliphatic carbocycles. The van der Waals surface area contributed by atoms with E-state index >= 15 is 0 Å². The maximum absolute atomic E-state index is 12.8. The molecule has 0 aliphatic rings. The molecule has 0 fully saturated rings. The van der Waals surface area contributed by atoms with Crippen LogP contribution < -0.4 is 10.6 Å². The van der Waals surface area contributed by atoms with Crippen LogP contribution in [-0.2, 0) is 0 Å². The Balaban J connectivity index is 2.31. The van der Waals surface area contributed by atoms with Crippen LogP contribution in [-0.4, -0.2) is 23.3 Å². The van der Waals surface area contributed by atoms with Crippen LogP contribution in [0.3, 0.4) is 0 Å². The van der Waals surface area contributed by atoms with Crippen molar-refractivity contribution in [3.63, 3.8) is 0 Å². The van der Waals surface area contributed by atoms with E-state index in [-0.39, 0.29) is 11.3 Å². The number of thiazole rings is 1. The van der Waals surface area contributed by atoms with Crippen LogP contribution in [0.1, 0.15) is 41.5 Å². The molecule has 22 heavy (non-hydrogen) atoms. The number of nitrogens with zero attached hydrogens (tertiary/aromatic N) is 2. The molecule has 0 radical (unpaired) electrons. The first-order chi connectivity index (χ1) is 10.3. The van der Waals surface area contributed by atoms with Crippen molar-refractivity contribution >= 4 is 28.3 Å². The topological polar surface area (TPSA) is 76.3 Å². The summed E-state index contributed by atoms with van der Waals surface area (Å²) in [6.45, 7) is 6.75. The number of rotatable bonds is 4. The van der Waals surface area contributed by atoms with Gasteiger partial charge in [-0.2, -0.15) is 0 Å². The van der Waals surface area contributed by atoms with Gasteiger partial charge in [0.2, 0.25) is 5.91 Å². The van der Waals surface area contributed by atoms with E-state index in [0.29, 0.717) is 22.8 Å². The molecule has 2 aromatic rings. The van der Waals surface area contributed by atoms with E-state index in [0.717, 1.165) is 0 Å².